The van der Waals surface area contributed by atoms with Crippen LogP contribution in [0.2, 0.25) is 0 Å². The Morgan fingerprint density at radius 3 is 2.50 bits per heavy atom. The van der Waals surface area contributed by atoms with E-state index >= 15 is 0 Å². The second-order valence-corrected chi connectivity index (χ2v) is 7.24. The van der Waals surface area contributed by atoms with E-state index in [0.717, 1.165) is 15.7 Å². The maximum absolute atomic E-state index is 13.9. The van der Waals surface area contributed by atoms with Crippen LogP contribution in [0.1, 0.15) is 23.6 Å². The summed E-state index contributed by atoms with van der Waals surface area (Å²) in [4.78, 5) is 0. The fraction of sp³-hybridized carbons (Fsp3) is 0.217. The second kappa shape index (κ2) is 9.60. The number of aryl methyl sites for hydroxylation is 1. The van der Waals surface area contributed by atoms with Gasteiger partial charge in [-0.3, -0.25) is 0 Å². The Morgan fingerprint density at radius 1 is 1.00 bits per heavy atom. The number of hydrogen-bond donors (Lipinski definition) is 1. The standard InChI is InChI=1S/C23H23BrFNO2/c1-3-27-22-13-17(14-26-21-11-7-4-8-16(21)2)12-19(24)23(22)28-15-18-9-5-6-10-20(18)25/h4-13,26H,3,14-15H2,1-2H3. The van der Waals surface area contributed by atoms with Crippen molar-refractivity contribution in [2.24, 2.45) is 0 Å². The third kappa shape index (κ3) is 5.04. The van der Waals surface area contributed by atoms with E-state index in [1.54, 1.807) is 18.2 Å². The fourth-order valence-electron chi connectivity index (χ4n) is 2.86. The first-order valence-corrected chi connectivity index (χ1v) is 9.98. The van der Waals surface area contributed by atoms with Gasteiger partial charge in [-0.2, -0.15) is 0 Å². The Morgan fingerprint density at radius 2 is 1.75 bits per heavy atom. The molecule has 0 saturated carbocycles. The van der Waals surface area contributed by atoms with Crippen LogP contribution in [0, 0.1) is 12.7 Å². The number of para-hydroxylation sites is 1. The molecule has 0 heterocycles. The van der Waals surface area contributed by atoms with Crippen LogP contribution in [0.15, 0.2) is 65.1 Å². The average Bonchev–Trinajstić information content (AvgIpc) is 2.68. The maximum atomic E-state index is 13.9. The van der Waals surface area contributed by atoms with Gasteiger partial charge in [0.05, 0.1) is 11.1 Å². The Hall–Kier alpha value is -2.53. The molecule has 3 rings (SSSR count). The first-order valence-electron chi connectivity index (χ1n) is 9.19. The van der Waals surface area contributed by atoms with Gasteiger partial charge in [-0.15, -0.1) is 0 Å². The Labute approximate surface area is 173 Å². The highest BCUT2D eigenvalue weighted by molar-refractivity contribution is 9.10. The van der Waals surface area contributed by atoms with E-state index in [9.17, 15) is 4.39 Å². The van der Waals surface area contributed by atoms with Gasteiger partial charge in [0.25, 0.3) is 0 Å². The third-order valence-electron chi connectivity index (χ3n) is 4.33. The molecule has 0 amide bonds. The molecule has 3 nitrogen and oxygen atoms in total. The van der Waals surface area contributed by atoms with Crippen LogP contribution < -0.4 is 14.8 Å². The van der Waals surface area contributed by atoms with Gasteiger partial charge in [0.1, 0.15) is 12.4 Å². The van der Waals surface area contributed by atoms with Crippen LogP contribution in [0.4, 0.5) is 10.1 Å². The lowest BCUT2D eigenvalue weighted by atomic mass is 10.1. The SMILES string of the molecule is CCOc1cc(CNc2ccccc2C)cc(Br)c1OCc1ccccc1F. The molecular weight excluding hydrogens is 421 g/mol. The molecule has 3 aromatic rings. The second-order valence-electron chi connectivity index (χ2n) is 6.39. The summed E-state index contributed by atoms with van der Waals surface area (Å²) >= 11 is 3.57. The molecule has 0 unspecified atom stereocenters. The highest BCUT2D eigenvalue weighted by Crippen LogP contribution is 2.38. The molecule has 3 aromatic carbocycles. The molecular formula is C23H23BrFNO2. The van der Waals surface area contributed by atoms with Crippen molar-refractivity contribution in [1.29, 1.82) is 0 Å². The van der Waals surface area contributed by atoms with Crippen molar-refractivity contribution in [3.63, 3.8) is 0 Å². The Bertz CT molecular complexity index is 946. The smallest absolute Gasteiger partial charge is 0.175 e. The average molecular weight is 444 g/mol. The van der Waals surface area contributed by atoms with Crippen LogP contribution in [-0.4, -0.2) is 6.61 Å². The molecule has 0 aliphatic heterocycles. The van der Waals surface area contributed by atoms with E-state index in [-0.39, 0.29) is 12.4 Å². The number of anilines is 1. The van der Waals surface area contributed by atoms with Crippen LogP contribution in [0.25, 0.3) is 0 Å². The van der Waals surface area contributed by atoms with Crippen molar-refractivity contribution in [2.45, 2.75) is 27.0 Å². The third-order valence-corrected chi connectivity index (χ3v) is 4.92. The van der Waals surface area contributed by atoms with Gasteiger partial charge >= 0.3 is 0 Å². The maximum Gasteiger partial charge on any atom is 0.175 e. The van der Waals surface area contributed by atoms with E-state index in [1.807, 2.05) is 31.2 Å². The lowest BCUT2D eigenvalue weighted by molar-refractivity contribution is 0.264. The van der Waals surface area contributed by atoms with Gasteiger partial charge < -0.3 is 14.8 Å². The van der Waals surface area contributed by atoms with Crippen LogP contribution >= 0.6 is 15.9 Å². The number of nitrogens with one attached hydrogen (secondary N) is 1. The van der Waals surface area contributed by atoms with Gasteiger partial charge in [-0.25, -0.2) is 4.39 Å². The minimum Gasteiger partial charge on any atom is -0.490 e. The number of halogens is 2. The van der Waals surface area contributed by atoms with Gasteiger partial charge in [0.2, 0.25) is 0 Å². The Kier molecular flexibility index (Phi) is 6.93. The van der Waals surface area contributed by atoms with Crippen LogP contribution in [0.5, 0.6) is 11.5 Å². The number of rotatable bonds is 8. The van der Waals surface area contributed by atoms with Gasteiger partial charge in [-0.1, -0.05) is 36.4 Å². The van der Waals surface area contributed by atoms with Crippen molar-refractivity contribution < 1.29 is 13.9 Å². The molecule has 0 spiro atoms. The summed E-state index contributed by atoms with van der Waals surface area (Å²) in [5.41, 5.74) is 3.84. The van der Waals surface area contributed by atoms with Crippen molar-refractivity contribution in [1.82, 2.24) is 0 Å². The van der Waals surface area contributed by atoms with Gasteiger partial charge in [0, 0.05) is 17.8 Å². The van der Waals surface area contributed by atoms with E-state index in [1.165, 1.54) is 11.6 Å². The Balaban J connectivity index is 1.77. The molecule has 146 valence electrons. The summed E-state index contributed by atoms with van der Waals surface area (Å²) in [5, 5.41) is 3.44. The minimum absolute atomic E-state index is 0.131. The van der Waals surface area contributed by atoms with Gasteiger partial charge in [-0.05, 0) is 65.2 Å². The molecule has 0 aliphatic rings. The van der Waals surface area contributed by atoms with Crippen molar-refractivity contribution in [3.8, 4) is 11.5 Å². The number of hydrogen-bond acceptors (Lipinski definition) is 3. The largest absolute Gasteiger partial charge is 0.490 e. The van der Waals surface area contributed by atoms with E-state index < -0.39 is 0 Å². The summed E-state index contributed by atoms with van der Waals surface area (Å²) in [6, 6.07) is 18.7. The monoisotopic (exact) mass is 443 g/mol. The van der Waals surface area contributed by atoms with E-state index in [4.69, 9.17) is 9.47 Å². The van der Waals surface area contributed by atoms with Crippen molar-refractivity contribution in [2.75, 3.05) is 11.9 Å². The zero-order valence-corrected chi connectivity index (χ0v) is 17.6. The quantitative estimate of drug-likeness (QED) is 0.431. The number of ether oxygens (including phenoxy) is 2. The summed E-state index contributed by atoms with van der Waals surface area (Å²) in [5.74, 6) is 0.926. The fourth-order valence-corrected chi connectivity index (χ4v) is 3.46. The lowest BCUT2D eigenvalue weighted by Gasteiger charge is -2.16. The zero-order valence-electron chi connectivity index (χ0n) is 16.0. The topological polar surface area (TPSA) is 30.5 Å². The van der Waals surface area contributed by atoms with Crippen molar-refractivity contribution >= 4 is 21.6 Å². The normalized spacial score (nSPS) is 10.6. The summed E-state index contributed by atoms with van der Waals surface area (Å²) in [6.45, 7) is 5.29. The molecule has 0 aromatic heterocycles. The molecule has 0 aliphatic carbocycles. The first-order chi connectivity index (χ1) is 13.6. The molecule has 5 heteroatoms. The highest BCUT2D eigenvalue weighted by Gasteiger charge is 2.14. The van der Waals surface area contributed by atoms with E-state index in [2.05, 4.69) is 40.3 Å². The molecule has 1 N–H and O–H groups in total. The summed E-state index contributed by atoms with van der Waals surface area (Å²) < 4.78 is 26.3. The molecule has 0 atom stereocenters. The number of benzene rings is 3. The van der Waals surface area contributed by atoms with Gasteiger partial charge in [0.15, 0.2) is 11.5 Å². The predicted octanol–water partition coefficient (Wildman–Crippen LogP) is 6.49. The lowest BCUT2D eigenvalue weighted by Crippen LogP contribution is -2.05. The van der Waals surface area contributed by atoms with Crippen LogP contribution in [0.3, 0.4) is 0 Å². The first kappa shape index (κ1) is 20.2. The molecule has 0 radical (unpaired) electrons. The van der Waals surface area contributed by atoms with E-state index in [0.29, 0.717) is 30.2 Å². The molecule has 28 heavy (non-hydrogen) atoms. The zero-order chi connectivity index (χ0) is 19.9. The van der Waals surface area contributed by atoms with Crippen molar-refractivity contribution in [3.05, 3.63) is 87.6 Å². The molecule has 0 saturated heterocycles. The van der Waals surface area contributed by atoms with Crippen LogP contribution in [-0.2, 0) is 13.2 Å². The highest BCUT2D eigenvalue weighted by atomic mass is 79.9. The molecule has 0 bridgehead atoms. The predicted molar refractivity (Wildman–Crippen MR) is 115 cm³/mol. The molecule has 0 fully saturated rings. The summed E-state index contributed by atoms with van der Waals surface area (Å²) in [6.07, 6.45) is 0. The summed E-state index contributed by atoms with van der Waals surface area (Å²) in [7, 11) is 0. The minimum atomic E-state index is -0.282.